The number of rotatable bonds is 2. The van der Waals surface area contributed by atoms with Gasteiger partial charge < -0.3 is 5.11 Å². The lowest BCUT2D eigenvalue weighted by atomic mass is 10.1. The van der Waals surface area contributed by atoms with Gasteiger partial charge in [0.15, 0.2) is 0 Å². The van der Waals surface area contributed by atoms with Gasteiger partial charge in [0, 0.05) is 17.5 Å². The lowest BCUT2D eigenvalue weighted by Gasteiger charge is -2.09. The standard InChI is InChI=1S/C10H13NO/c1-7(2)10(12)9-5-4-8(3)11-6-9/h4-6,10,12H,1H2,2-3H3. The van der Waals surface area contributed by atoms with Crippen LogP contribution in [0.1, 0.15) is 24.3 Å². The molecule has 0 aliphatic rings. The van der Waals surface area contributed by atoms with E-state index in [0.717, 1.165) is 16.8 Å². The van der Waals surface area contributed by atoms with Gasteiger partial charge in [-0.3, -0.25) is 4.98 Å². The highest BCUT2D eigenvalue weighted by molar-refractivity contribution is 5.21. The Morgan fingerprint density at radius 3 is 2.67 bits per heavy atom. The zero-order valence-electron chi connectivity index (χ0n) is 7.41. The summed E-state index contributed by atoms with van der Waals surface area (Å²) in [5, 5.41) is 9.55. The van der Waals surface area contributed by atoms with Crippen molar-refractivity contribution in [1.82, 2.24) is 4.98 Å². The lowest BCUT2D eigenvalue weighted by molar-refractivity contribution is 0.216. The molecule has 0 saturated carbocycles. The summed E-state index contributed by atoms with van der Waals surface area (Å²) in [5.41, 5.74) is 2.49. The molecule has 0 aromatic carbocycles. The molecule has 1 rings (SSSR count). The van der Waals surface area contributed by atoms with Gasteiger partial charge in [-0.05, 0) is 25.5 Å². The zero-order chi connectivity index (χ0) is 9.14. The number of hydrogen-bond acceptors (Lipinski definition) is 2. The van der Waals surface area contributed by atoms with Crippen LogP contribution in [0.4, 0.5) is 0 Å². The van der Waals surface area contributed by atoms with E-state index >= 15 is 0 Å². The summed E-state index contributed by atoms with van der Waals surface area (Å²) >= 11 is 0. The molecule has 0 fully saturated rings. The molecule has 2 heteroatoms. The first-order valence-corrected chi connectivity index (χ1v) is 3.87. The van der Waals surface area contributed by atoms with Gasteiger partial charge in [0.2, 0.25) is 0 Å². The Balaban J connectivity index is 2.89. The highest BCUT2D eigenvalue weighted by Crippen LogP contribution is 2.18. The quantitative estimate of drug-likeness (QED) is 0.676. The molecule has 1 heterocycles. The molecule has 1 aromatic rings. The number of hydrogen-bond donors (Lipinski definition) is 1. The largest absolute Gasteiger partial charge is 0.384 e. The second kappa shape index (κ2) is 3.50. The number of aliphatic hydroxyl groups is 1. The lowest BCUT2D eigenvalue weighted by Crippen LogP contribution is -1.98. The summed E-state index contributed by atoms with van der Waals surface area (Å²) in [6.07, 6.45) is 1.09. The van der Waals surface area contributed by atoms with Gasteiger partial charge in [0.25, 0.3) is 0 Å². The molecule has 12 heavy (non-hydrogen) atoms. The molecule has 0 radical (unpaired) electrons. The van der Waals surface area contributed by atoms with Gasteiger partial charge in [0.05, 0.1) is 0 Å². The summed E-state index contributed by atoms with van der Waals surface area (Å²) in [7, 11) is 0. The Bertz CT molecular complexity index is 276. The van der Waals surface area contributed by atoms with Gasteiger partial charge in [0.1, 0.15) is 6.10 Å². The van der Waals surface area contributed by atoms with Crippen molar-refractivity contribution >= 4 is 0 Å². The molecule has 64 valence electrons. The SMILES string of the molecule is C=C(C)C(O)c1ccc(C)nc1. The average Bonchev–Trinajstić information content (AvgIpc) is 2.04. The number of aryl methyl sites for hydroxylation is 1. The van der Waals surface area contributed by atoms with Crippen molar-refractivity contribution in [2.45, 2.75) is 20.0 Å². The summed E-state index contributed by atoms with van der Waals surface area (Å²) in [5.74, 6) is 0. The molecule has 1 atom stereocenters. The maximum atomic E-state index is 9.55. The van der Waals surface area contributed by atoms with E-state index in [-0.39, 0.29) is 0 Å². The van der Waals surface area contributed by atoms with Crippen LogP contribution < -0.4 is 0 Å². The predicted molar refractivity (Wildman–Crippen MR) is 48.7 cm³/mol. The Morgan fingerprint density at radius 2 is 2.25 bits per heavy atom. The highest BCUT2D eigenvalue weighted by atomic mass is 16.3. The third-order valence-corrected chi connectivity index (χ3v) is 1.72. The van der Waals surface area contributed by atoms with E-state index in [0.29, 0.717) is 0 Å². The highest BCUT2D eigenvalue weighted by Gasteiger charge is 2.06. The van der Waals surface area contributed by atoms with E-state index in [2.05, 4.69) is 11.6 Å². The van der Waals surface area contributed by atoms with Crippen LogP contribution >= 0.6 is 0 Å². The van der Waals surface area contributed by atoms with Crippen LogP contribution in [0, 0.1) is 6.92 Å². The summed E-state index contributed by atoms with van der Waals surface area (Å²) in [4.78, 5) is 4.08. The molecule has 0 bridgehead atoms. The van der Waals surface area contributed by atoms with E-state index in [1.54, 1.807) is 13.1 Å². The first-order valence-electron chi connectivity index (χ1n) is 3.87. The third-order valence-electron chi connectivity index (χ3n) is 1.72. The van der Waals surface area contributed by atoms with Crippen molar-refractivity contribution in [3.05, 3.63) is 41.7 Å². The number of pyridine rings is 1. The minimum Gasteiger partial charge on any atom is -0.384 e. The second-order valence-electron chi connectivity index (χ2n) is 2.98. The topological polar surface area (TPSA) is 33.1 Å². The van der Waals surface area contributed by atoms with Crippen LogP contribution in [0.15, 0.2) is 30.5 Å². The van der Waals surface area contributed by atoms with Gasteiger partial charge in [-0.15, -0.1) is 0 Å². The van der Waals surface area contributed by atoms with Crippen molar-refractivity contribution in [2.24, 2.45) is 0 Å². The normalized spacial score (nSPS) is 12.6. The fourth-order valence-electron chi connectivity index (χ4n) is 0.926. The van der Waals surface area contributed by atoms with Crippen molar-refractivity contribution < 1.29 is 5.11 Å². The van der Waals surface area contributed by atoms with Gasteiger partial charge in [-0.25, -0.2) is 0 Å². The Hall–Kier alpha value is -1.15. The first-order chi connectivity index (χ1) is 5.61. The van der Waals surface area contributed by atoms with Crippen molar-refractivity contribution in [3.63, 3.8) is 0 Å². The van der Waals surface area contributed by atoms with E-state index in [4.69, 9.17) is 0 Å². The van der Waals surface area contributed by atoms with Gasteiger partial charge in [-0.2, -0.15) is 0 Å². The molecule has 0 spiro atoms. The first kappa shape index (κ1) is 8.94. The van der Waals surface area contributed by atoms with Crippen molar-refractivity contribution in [1.29, 1.82) is 0 Å². The van der Waals surface area contributed by atoms with Gasteiger partial charge >= 0.3 is 0 Å². The fraction of sp³-hybridized carbons (Fsp3) is 0.300. The fourth-order valence-corrected chi connectivity index (χ4v) is 0.926. The van der Waals surface area contributed by atoms with Crippen LogP contribution in [0.25, 0.3) is 0 Å². The Morgan fingerprint density at radius 1 is 1.58 bits per heavy atom. The molecule has 1 N–H and O–H groups in total. The van der Waals surface area contributed by atoms with Crippen molar-refractivity contribution in [2.75, 3.05) is 0 Å². The molecule has 0 saturated heterocycles. The summed E-state index contributed by atoms with van der Waals surface area (Å²) in [6, 6.07) is 3.74. The third kappa shape index (κ3) is 1.92. The molecular formula is C10H13NO. The van der Waals surface area contributed by atoms with Crippen LogP contribution in [-0.4, -0.2) is 10.1 Å². The molecule has 1 unspecified atom stereocenters. The molecule has 2 nitrogen and oxygen atoms in total. The second-order valence-corrected chi connectivity index (χ2v) is 2.98. The number of aliphatic hydroxyl groups excluding tert-OH is 1. The van der Waals surface area contributed by atoms with E-state index in [1.807, 2.05) is 19.1 Å². The smallest absolute Gasteiger partial charge is 0.101 e. The Labute approximate surface area is 72.6 Å². The average molecular weight is 163 g/mol. The molecule has 1 aromatic heterocycles. The van der Waals surface area contributed by atoms with E-state index < -0.39 is 6.10 Å². The van der Waals surface area contributed by atoms with Crippen molar-refractivity contribution in [3.8, 4) is 0 Å². The maximum absolute atomic E-state index is 9.55. The molecule has 0 aliphatic heterocycles. The van der Waals surface area contributed by atoms with Crippen LogP contribution in [0.3, 0.4) is 0 Å². The van der Waals surface area contributed by atoms with Crippen LogP contribution in [0.2, 0.25) is 0 Å². The number of aromatic nitrogens is 1. The van der Waals surface area contributed by atoms with E-state index in [9.17, 15) is 5.11 Å². The maximum Gasteiger partial charge on any atom is 0.101 e. The van der Waals surface area contributed by atoms with Crippen LogP contribution in [-0.2, 0) is 0 Å². The summed E-state index contributed by atoms with van der Waals surface area (Å²) < 4.78 is 0. The molecular weight excluding hydrogens is 150 g/mol. The van der Waals surface area contributed by atoms with E-state index in [1.165, 1.54) is 0 Å². The molecule has 0 amide bonds. The monoisotopic (exact) mass is 163 g/mol. The minimum atomic E-state index is -0.585. The van der Waals surface area contributed by atoms with Crippen LogP contribution in [0.5, 0.6) is 0 Å². The number of nitrogens with zero attached hydrogens (tertiary/aromatic N) is 1. The Kier molecular flexibility index (Phi) is 2.61. The van der Waals surface area contributed by atoms with Gasteiger partial charge in [-0.1, -0.05) is 12.6 Å². The minimum absolute atomic E-state index is 0.585. The summed E-state index contributed by atoms with van der Waals surface area (Å²) in [6.45, 7) is 7.39. The zero-order valence-corrected chi connectivity index (χ0v) is 7.41. The molecule has 0 aliphatic carbocycles. The predicted octanol–water partition coefficient (Wildman–Crippen LogP) is 2.00.